The van der Waals surface area contributed by atoms with Gasteiger partial charge in [0.15, 0.2) is 5.96 Å². The largest absolute Gasteiger partial charge is 0.370 e. The number of nitrogens with two attached hydrogens (primary N) is 1. The van der Waals surface area contributed by atoms with E-state index in [0.717, 1.165) is 6.42 Å². The molecule has 0 radical (unpaired) electrons. The quantitative estimate of drug-likeness (QED) is 0.343. The molecule has 1 amide bonds. The Hall–Kier alpha value is -1.26. The third-order valence-corrected chi connectivity index (χ3v) is 3.54. The Labute approximate surface area is 116 Å². The molecule has 0 aliphatic heterocycles. The Bertz CT molecular complexity index is 294. The highest BCUT2D eigenvalue weighted by Crippen LogP contribution is 2.16. The lowest BCUT2D eigenvalue weighted by Gasteiger charge is -2.16. The van der Waals surface area contributed by atoms with Gasteiger partial charge in [-0.15, -0.1) is 0 Å². The van der Waals surface area contributed by atoms with Gasteiger partial charge in [-0.05, 0) is 19.3 Å². The lowest BCUT2D eigenvalue weighted by atomic mass is 10.1. The molecule has 0 aromatic carbocycles. The molecule has 5 heteroatoms. The molecule has 19 heavy (non-hydrogen) atoms. The van der Waals surface area contributed by atoms with Crippen LogP contribution in [0.3, 0.4) is 0 Å². The second-order valence-corrected chi connectivity index (χ2v) is 5.49. The molecule has 0 unspecified atom stereocenters. The van der Waals surface area contributed by atoms with Crippen molar-refractivity contribution >= 4 is 11.9 Å². The molecule has 1 aliphatic carbocycles. The van der Waals surface area contributed by atoms with Gasteiger partial charge in [-0.1, -0.05) is 25.7 Å². The van der Waals surface area contributed by atoms with Gasteiger partial charge in [0.1, 0.15) is 0 Å². The Morgan fingerprint density at radius 2 is 1.89 bits per heavy atom. The first-order valence-corrected chi connectivity index (χ1v) is 7.36. The first kappa shape index (κ1) is 15.8. The Kier molecular flexibility index (Phi) is 7.30. The molecule has 1 saturated carbocycles. The molecule has 1 rings (SSSR count). The predicted molar refractivity (Wildman–Crippen MR) is 79.0 cm³/mol. The molecule has 0 aromatic rings. The fraction of sp³-hybridized carbons (Fsp3) is 0.857. The van der Waals surface area contributed by atoms with Crippen LogP contribution in [0.1, 0.15) is 51.4 Å². The number of aliphatic imine (C=N–C) groups is 1. The summed E-state index contributed by atoms with van der Waals surface area (Å²) in [7, 11) is 3.54. The van der Waals surface area contributed by atoms with Crippen molar-refractivity contribution in [2.45, 2.75) is 57.4 Å². The fourth-order valence-electron chi connectivity index (χ4n) is 2.33. The van der Waals surface area contributed by atoms with Crippen molar-refractivity contribution in [3.05, 3.63) is 0 Å². The van der Waals surface area contributed by atoms with Gasteiger partial charge < -0.3 is 16.0 Å². The van der Waals surface area contributed by atoms with Gasteiger partial charge in [0.2, 0.25) is 5.91 Å². The molecular weight excluding hydrogens is 240 g/mol. The topological polar surface area (TPSA) is 70.7 Å². The van der Waals surface area contributed by atoms with Crippen molar-refractivity contribution in [1.82, 2.24) is 10.2 Å². The maximum absolute atomic E-state index is 11.4. The molecule has 0 saturated heterocycles. The van der Waals surface area contributed by atoms with E-state index in [0.29, 0.717) is 25.0 Å². The molecular formula is C14H28N4O. The fourth-order valence-corrected chi connectivity index (χ4v) is 2.33. The summed E-state index contributed by atoms with van der Waals surface area (Å²) < 4.78 is 0. The van der Waals surface area contributed by atoms with Crippen molar-refractivity contribution in [1.29, 1.82) is 0 Å². The van der Waals surface area contributed by atoms with Gasteiger partial charge in [0, 0.05) is 33.1 Å². The first-order chi connectivity index (χ1) is 9.09. The van der Waals surface area contributed by atoms with Crippen molar-refractivity contribution in [2.75, 3.05) is 20.6 Å². The zero-order valence-electron chi connectivity index (χ0n) is 12.3. The summed E-state index contributed by atoms with van der Waals surface area (Å²) in [6.45, 7) is 0.616. The molecule has 3 N–H and O–H groups in total. The summed E-state index contributed by atoms with van der Waals surface area (Å²) in [5.74, 6) is 0.676. The zero-order valence-corrected chi connectivity index (χ0v) is 12.3. The van der Waals surface area contributed by atoms with Crippen LogP contribution in [0.15, 0.2) is 4.99 Å². The Morgan fingerprint density at radius 3 is 2.47 bits per heavy atom. The zero-order chi connectivity index (χ0) is 14.1. The lowest BCUT2D eigenvalue weighted by Crippen LogP contribution is -2.39. The van der Waals surface area contributed by atoms with E-state index >= 15 is 0 Å². The second kappa shape index (κ2) is 8.77. The van der Waals surface area contributed by atoms with Crippen molar-refractivity contribution in [3.8, 4) is 0 Å². The van der Waals surface area contributed by atoms with E-state index < -0.39 is 0 Å². The lowest BCUT2D eigenvalue weighted by molar-refractivity contribution is -0.128. The molecule has 0 atom stereocenters. The average Bonchev–Trinajstić information content (AvgIpc) is 2.62. The maximum atomic E-state index is 11.4. The predicted octanol–water partition coefficient (Wildman–Crippen LogP) is 1.48. The van der Waals surface area contributed by atoms with Crippen molar-refractivity contribution in [3.63, 3.8) is 0 Å². The van der Waals surface area contributed by atoms with Crippen LogP contribution in [0.5, 0.6) is 0 Å². The Balaban J connectivity index is 2.19. The molecule has 1 fully saturated rings. The van der Waals surface area contributed by atoms with E-state index in [-0.39, 0.29) is 5.91 Å². The SMILES string of the molecule is CN(C)C(=O)CCCN=C(N)NC1CCCCCC1. The molecule has 5 nitrogen and oxygen atoms in total. The minimum absolute atomic E-state index is 0.144. The smallest absolute Gasteiger partial charge is 0.222 e. The number of guanidine groups is 1. The number of rotatable bonds is 5. The van der Waals surface area contributed by atoms with Crippen LogP contribution in [0.25, 0.3) is 0 Å². The van der Waals surface area contributed by atoms with Crippen molar-refractivity contribution < 1.29 is 4.79 Å². The summed E-state index contributed by atoms with van der Waals surface area (Å²) in [4.78, 5) is 17.3. The molecule has 110 valence electrons. The normalized spacial score (nSPS) is 17.9. The maximum Gasteiger partial charge on any atom is 0.222 e. The monoisotopic (exact) mass is 268 g/mol. The number of hydrogen-bond donors (Lipinski definition) is 2. The number of carbonyl (C=O) groups excluding carboxylic acids is 1. The van der Waals surface area contributed by atoms with Gasteiger partial charge in [0.05, 0.1) is 0 Å². The second-order valence-electron chi connectivity index (χ2n) is 5.49. The van der Waals surface area contributed by atoms with Crippen LogP contribution in [-0.2, 0) is 4.79 Å². The summed E-state index contributed by atoms with van der Waals surface area (Å²) in [5.41, 5.74) is 5.88. The third kappa shape index (κ3) is 7.03. The van der Waals surface area contributed by atoms with Gasteiger partial charge >= 0.3 is 0 Å². The highest BCUT2D eigenvalue weighted by Gasteiger charge is 2.12. The van der Waals surface area contributed by atoms with Gasteiger partial charge in [0.25, 0.3) is 0 Å². The van der Waals surface area contributed by atoms with Crippen molar-refractivity contribution in [2.24, 2.45) is 10.7 Å². The van der Waals surface area contributed by atoms with E-state index in [1.165, 1.54) is 38.5 Å². The van der Waals surface area contributed by atoms with E-state index in [1.807, 2.05) is 0 Å². The summed E-state index contributed by atoms with van der Waals surface area (Å²) in [6, 6.07) is 0.481. The van der Waals surface area contributed by atoms with Crippen LogP contribution in [0.4, 0.5) is 0 Å². The van der Waals surface area contributed by atoms with E-state index in [9.17, 15) is 4.79 Å². The van der Waals surface area contributed by atoms with E-state index in [1.54, 1.807) is 19.0 Å². The highest BCUT2D eigenvalue weighted by atomic mass is 16.2. The summed E-state index contributed by atoms with van der Waals surface area (Å²) in [5, 5.41) is 3.30. The van der Waals surface area contributed by atoms with Crippen LogP contribution in [-0.4, -0.2) is 43.4 Å². The van der Waals surface area contributed by atoms with Crippen LogP contribution >= 0.6 is 0 Å². The van der Waals surface area contributed by atoms with Crippen LogP contribution < -0.4 is 11.1 Å². The number of nitrogens with one attached hydrogen (secondary N) is 1. The first-order valence-electron chi connectivity index (χ1n) is 7.36. The third-order valence-electron chi connectivity index (χ3n) is 3.54. The van der Waals surface area contributed by atoms with E-state index in [2.05, 4.69) is 10.3 Å². The number of nitrogens with zero attached hydrogens (tertiary/aromatic N) is 2. The average molecular weight is 268 g/mol. The molecule has 1 aliphatic rings. The Morgan fingerprint density at radius 1 is 1.26 bits per heavy atom. The van der Waals surface area contributed by atoms with Crippen LogP contribution in [0.2, 0.25) is 0 Å². The highest BCUT2D eigenvalue weighted by molar-refractivity contribution is 5.78. The molecule has 0 spiro atoms. The van der Waals surface area contributed by atoms with Gasteiger partial charge in [-0.2, -0.15) is 0 Å². The summed E-state index contributed by atoms with van der Waals surface area (Å²) in [6.07, 6.45) is 8.90. The molecule has 0 heterocycles. The number of amides is 1. The van der Waals surface area contributed by atoms with Crippen LogP contribution in [0, 0.1) is 0 Å². The molecule has 0 bridgehead atoms. The van der Waals surface area contributed by atoms with Gasteiger partial charge in [-0.3, -0.25) is 9.79 Å². The van der Waals surface area contributed by atoms with E-state index in [4.69, 9.17) is 5.73 Å². The summed E-state index contributed by atoms with van der Waals surface area (Å²) >= 11 is 0. The number of hydrogen-bond acceptors (Lipinski definition) is 2. The minimum atomic E-state index is 0.144. The standard InChI is InChI=1S/C14H28N4O/c1-18(2)13(19)10-7-11-16-14(15)17-12-8-5-3-4-6-9-12/h12H,3-11H2,1-2H3,(H3,15,16,17). The van der Waals surface area contributed by atoms with Gasteiger partial charge in [-0.25, -0.2) is 0 Å². The minimum Gasteiger partial charge on any atom is -0.370 e. The number of carbonyl (C=O) groups is 1. The molecule has 0 aromatic heterocycles.